The molecule has 1 nitrogen and oxygen atoms in total. The van der Waals surface area contributed by atoms with Gasteiger partial charge in [0.25, 0.3) is 0 Å². The predicted octanol–water partition coefficient (Wildman–Crippen LogP) is 4.75. The van der Waals surface area contributed by atoms with E-state index in [1.54, 1.807) is 0 Å². The molecule has 0 radical (unpaired) electrons. The van der Waals surface area contributed by atoms with Crippen LogP contribution in [0, 0.1) is 19.8 Å². The summed E-state index contributed by atoms with van der Waals surface area (Å²) >= 11 is 0. The highest BCUT2D eigenvalue weighted by Crippen LogP contribution is 2.25. The fourth-order valence-electron chi connectivity index (χ4n) is 3.37. The van der Waals surface area contributed by atoms with Gasteiger partial charge in [-0.1, -0.05) is 43.9 Å². The number of benzene rings is 1. The Morgan fingerprint density at radius 1 is 1.05 bits per heavy atom. The Morgan fingerprint density at radius 2 is 1.63 bits per heavy atom. The number of rotatable bonds is 4. The van der Waals surface area contributed by atoms with Gasteiger partial charge in [-0.15, -0.1) is 0 Å². The van der Waals surface area contributed by atoms with E-state index in [1.807, 2.05) is 0 Å². The van der Waals surface area contributed by atoms with Crippen LogP contribution in [0.4, 0.5) is 0 Å². The van der Waals surface area contributed by atoms with E-state index in [4.69, 9.17) is 0 Å². The van der Waals surface area contributed by atoms with Crippen LogP contribution in [0.2, 0.25) is 0 Å². The van der Waals surface area contributed by atoms with Gasteiger partial charge in [-0.2, -0.15) is 0 Å². The van der Waals surface area contributed by atoms with Gasteiger partial charge in [-0.05, 0) is 56.2 Å². The van der Waals surface area contributed by atoms with Crippen LogP contribution in [0.5, 0.6) is 0 Å². The van der Waals surface area contributed by atoms with Gasteiger partial charge in [0.1, 0.15) is 0 Å². The highest BCUT2D eigenvalue weighted by Gasteiger charge is 2.18. The molecule has 0 aliphatic heterocycles. The maximum Gasteiger partial charge on any atom is 0.0213 e. The van der Waals surface area contributed by atoms with Crippen molar-refractivity contribution in [3.63, 3.8) is 0 Å². The van der Waals surface area contributed by atoms with Crippen molar-refractivity contribution in [1.29, 1.82) is 0 Å². The molecule has 106 valence electrons. The largest absolute Gasteiger partial charge is 0.310 e. The molecule has 1 fully saturated rings. The van der Waals surface area contributed by atoms with E-state index in [1.165, 1.54) is 55.2 Å². The zero-order valence-electron chi connectivity index (χ0n) is 12.8. The molecule has 1 aromatic carbocycles. The van der Waals surface area contributed by atoms with Crippen LogP contribution in [-0.4, -0.2) is 6.04 Å². The first kappa shape index (κ1) is 14.6. The number of aryl methyl sites for hydroxylation is 2. The second-order valence-electron chi connectivity index (χ2n) is 6.29. The van der Waals surface area contributed by atoms with Gasteiger partial charge in [0.2, 0.25) is 0 Å². The quantitative estimate of drug-likeness (QED) is 0.769. The Kier molecular flexibility index (Phi) is 5.45. The standard InChI is InChI=1S/C18H29N/c1-14-9-8-10-15(2)18(14)13-19-16(3)17-11-6-4-5-7-12-17/h8-10,16-17,19H,4-7,11-13H2,1-3H3/t16-/m1/s1. The molecule has 0 heterocycles. The third-order valence-corrected chi connectivity index (χ3v) is 4.85. The second-order valence-corrected chi connectivity index (χ2v) is 6.29. The monoisotopic (exact) mass is 259 g/mol. The minimum Gasteiger partial charge on any atom is -0.310 e. The number of hydrogen-bond donors (Lipinski definition) is 1. The minimum absolute atomic E-state index is 0.650. The van der Waals surface area contributed by atoms with E-state index in [0.29, 0.717) is 6.04 Å². The van der Waals surface area contributed by atoms with E-state index >= 15 is 0 Å². The Hall–Kier alpha value is -0.820. The fourth-order valence-corrected chi connectivity index (χ4v) is 3.37. The van der Waals surface area contributed by atoms with Crippen molar-refractivity contribution in [3.8, 4) is 0 Å². The second kappa shape index (κ2) is 7.09. The van der Waals surface area contributed by atoms with Gasteiger partial charge >= 0.3 is 0 Å². The summed E-state index contributed by atoms with van der Waals surface area (Å²) in [5, 5.41) is 3.78. The molecule has 0 saturated heterocycles. The topological polar surface area (TPSA) is 12.0 Å². The Bertz CT molecular complexity index is 368. The lowest BCUT2D eigenvalue weighted by molar-refractivity contribution is 0.336. The molecular formula is C18H29N. The van der Waals surface area contributed by atoms with E-state index < -0.39 is 0 Å². The average molecular weight is 259 g/mol. The van der Waals surface area contributed by atoms with Crippen molar-refractivity contribution in [1.82, 2.24) is 5.32 Å². The molecule has 1 aliphatic carbocycles. The third-order valence-electron chi connectivity index (χ3n) is 4.85. The molecule has 0 amide bonds. The van der Waals surface area contributed by atoms with Gasteiger partial charge < -0.3 is 5.32 Å². The zero-order chi connectivity index (χ0) is 13.7. The Labute approximate surface area is 118 Å². The zero-order valence-corrected chi connectivity index (χ0v) is 12.8. The summed E-state index contributed by atoms with van der Waals surface area (Å²) < 4.78 is 0. The third kappa shape index (κ3) is 4.07. The van der Waals surface area contributed by atoms with Crippen molar-refractivity contribution >= 4 is 0 Å². The molecule has 1 N–H and O–H groups in total. The number of hydrogen-bond acceptors (Lipinski definition) is 1. The van der Waals surface area contributed by atoms with Crippen molar-refractivity contribution < 1.29 is 0 Å². The lowest BCUT2D eigenvalue weighted by Gasteiger charge is -2.24. The van der Waals surface area contributed by atoms with Gasteiger partial charge in [0.05, 0.1) is 0 Å². The molecule has 1 atom stereocenters. The molecule has 19 heavy (non-hydrogen) atoms. The molecule has 0 aromatic heterocycles. The maximum absolute atomic E-state index is 3.78. The molecule has 0 unspecified atom stereocenters. The summed E-state index contributed by atoms with van der Waals surface area (Å²) in [6, 6.07) is 7.25. The minimum atomic E-state index is 0.650. The molecule has 0 bridgehead atoms. The Balaban J connectivity index is 1.90. The molecule has 1 aromatic rings. The van der Waals surface area contributed by atoms with Crippen molar-refractivity contribution in [3.05, 3.63) is 34.9 Å². The summed E-state index contributed by atoms with van der Waals surface area (Å²) in [4.78, 5) is 0. The van der Waals surface area contributed by atoms with Crippen LogP contribution >= 0.6 is 0 Å². The maximum atomic E-state index is 3.78. The van der Waals surface area contributed by atoms with Gasteiger partial charge in [-0.3, -0.25) is 0 Å². The lowest BCUT2D eigenvalue weighted by Crippen LogP contribution is -2.33. The molecule has 0 spiro atoms. The van der Waals surface area contributed by atoms with Crippen molar-refractivity contribution in [2.45, 2.75) is 71.9 Å². The summed E-state index contributed by atoms with van der Waals surface area (Å²) in [5.74, 6) is 0.881. The van der Waals surface area contributed by atoms with Crippen LogP contribution in [0.15, 0.2) is 18.2 Å². The van der Waals surface area contributed by atoms with Crippen LogP contribution in [0.3, 0.4) is 0 Å². The summed E-state index contributed by atoms with van der Waals surface area (Å²) in [6.45, 7) is 7.85. The number of nitrogens with one attached hydrogen (secondary N) is 1. The van der Waals surface area contributed by atoms with Crippen LogP contribution in [-0.2, 0) is 6.54 Å². The first-order valence-electron chi connectivity index (χ1n) is 7.97. The van der Waals surface area contributed by atoms with Crippen LogP contribution < -0.4 is 5.32 Å². The highest BCUT2D eigenvalue weighted by atomic mass is 14.9. The van der Waals surface area contributed by atoms with Gasteiger partial charge in [-0.25, -0.2) is 0 Å². The van der Waals surface area contributed by atoms with Crippen LogP contribution in [0.1, 0.15) is 62.1 Å². The first-order chi connectivity index (χ1) is 9.18. The van der Waals surface area contributed by atoms with E-state index in [-0.39, 0.29) is 0 Å². The first-order valence-corrected chi connectivity index (χ1v) is 7.97. The smallest absolute Gasteiger partial charge is 0.0213 e. The van der Waals surface area contributed by atoms with Gasteiger partial charge in [0.15, 0.2) is 0 Å². The average Bonchev–Trinajstić information content (AvgIpc) is 2.66. The Morgan fingerprint density at radius 3 is 2.21 bits per heavy atom. The fraction of sp³-hybridized carbons (Fsp3) is 0.667. The molecule has 1 aliphatic rings. The van der Waals surface area contributed by atoms with E-state index in [0.717, 1.165) is 12.5 Å². The van der Waals surface area contributed by atoms with E-state index in [9.17, 15) is 0 Å². The molecule has 2 rings (SSSR count). The molecular weight excluding hydrogens is 230 g/mol. The summed E-state index contributed by atoms with van der Waals surface area (Å²) in [5.41, 5.74) is 4.32. The lowest BCUT2D eigenvalue weighted by atomic mass is 9.92. The SMILES string of the molecule is Cc1cccc(C)c1CN[C@H](C)C1CCCCCC1. The van der Waals surface area contributed by atoms with Crippen LogP contribution in [0.25, 0.3) is 0 Å². The summed E-state index contributed by atoms with van der Waals surface area (Å²) in [7, 11) is 0. The van der Waals surface area contributed by atoms with Crippen molar-refractivity contribution in [2.75, 3.05) is 0 Å². The van der Waals surface area contributed by atoms with Crippen molar-refractivity contribution in [2.24, 2.45) is 5.92 Å². The van der Waals surface area contributed by atoms with E-state index in [2.05, 4.69) is 44.3 Å². The highest BCUT2D eigenvalue weighted by molar-refractivity contribution is 5.33. The normalized spacial score (nSPS) is 19.1. The molecule has 1 heteroatoms. The molecule has 1 saturated carbocycles. The predicted molar refractivity (Wildman–Crippen MR) is 83.4 cm³/mol. The van der Waals surface area contributed by atoms with Gasteiger partial charge in [0, 0.05) is 12.6 Å². The summed E-state index contributed by atoms with van der Waals surface area (Å²) in [6.07, 6.45) is 8.59.